The molecule has 3 heterocycles. The summed E-state index contributed by atoms with van der Waals surface area (Å²) in [5.41, 5.74) is 1.33. The average Bonchev–Trinajstić information content (AvgIpc) is 3.41. The smallest absolute Gasteiger partial charge is 0.255 e. The van der Waals surface area contributed by atoms with Gasteiger partial charge in [0.05, 0.1) is 19.3 Å². The molecule has 1 aliphatic heterocycles. The summed E-state index contributed by atoms with van der Waals surface area (Å²) in [6.07, 6.45) is 1.47. The summed E-state index contributed by atoms with van der Waals surface area (Å²) in [5, 5.41) is 7.19. The Kier molecular flexibility index (Phi) is 5.01. The molecule has 3 aromatic rings. The van der Waals surface area contributed by atoms with Gasteiger partial charge in [0.15, 0.2) is 5.82 Å². The van der Waals surface area contributed by atoms with E-state index in [1.807, 2.05) is 30.3 Å². The van der Waals surface area contributed by atoms with Crippen LogP contribution in [0, 0.1) is 5.92 Å². The Labute approximate surface area is 161 Å². The molecular weight excluding hydrogens is 361 g/mol. The van der Waals surface area contributed by atoms with Gasteiger partial charge in [-0.3, -0.25) is 14.3 Å². The summed E-state index contributed by atoms with van der Waals surface area (Å²) >= 11 is 0. The molecule has 0 bridgehead atoms. The van der Waals surface area contributed by atoms with Gasteiger partial charge in [0.2, 0.25) is 5.88 Å². The highest BCUT2D eigenvalue weighted by atomic mass is 19.1. The molecule has 8 heteroatoms. The number of carbonyl (C=O) groups excluding carboxylic acids is 1. The Hall–Kier alpha value is -3.29. The predicted octanol–water partition coefficient (Wildman–Crippen LogP) is 2.70. The first-order chi connectivity index (χ1) is 13.7. The van der Waals surface area contributed by atoms with E-state index < -0.39 is 6.67 Å². The van der Waals surface area contributed by atoms with Crippen LogP contribution in [0.4, 0.5) is 4.39 Å². The van der Waals surface area contributed by atoms with Gasteiger partial charge in [-0.25, -0.2) is 9.97 Å². The van der Waals surface area contributed by atoms with E-state index in [1.54, 1.807) is 17.0 Å². The van der Waals surface area contributed by atoms with Gasteiger partial charge in [-0.2, -0.15) is 5.10 Å². The van der Waals surface area contributed by atoms with Crippen LogP contribution in [0.25, 0.3) is 11.4 Å². The van der Waals surface area contributed by atoms with Gasteiger partial charge in [-0.15, -0.1) is 0 Å². The molecule has 28 heavy (non-hydrogen) atoms. The van der Waals surface area contributed by atoms with Crippen molar-refractivity contribution in [2.24, 2.45) is 5.92 Å². The van der Waals surface area contributed by atoms with Crippen molar-refractivity contribution in [3.05, 3.63) is 60.0 Å². The highest BCUT2D eigenvalue weighted by Gasteiger charge is 2.38. The summed E-state index contributed by atoms with van der Waals surface area (Å²) in [4.78, 5) is 23.1. The van der Waals surface area contributed by atoms with E-state index >= 15 is 0 Å². The van der Waals surface area contributed by atoms with Crippen molar-refractivity contribution in [3.63, 3.8) is 0 Å². The van der Waals surface area contributed by atoms with Crippen LogP contribution < -0.4 is 4.74 Å². The number of hydrogen-bond acceptors (Lipinski definition) is 5. The lowest BCUT2D eigenvalue weighted by molar-refractivity contribution is 0.0784. The van der Waals surface area contributed by atoms with Crippen molar-refractivity contribution in [1.29, 1.82) is 0 Å². The third-order valence-electron chi connectivity index (χ3n) is 5.00. The lowest BCUT2D eigenvalue weighted by atomic mass is 9.97. The number of rotatable bonds is 5. The number of carbonyl (C=O) groups is 1. The fourth-order valence-corrected chi connectivity index (χ4v) is 3.47. The summed E-state index contributed by atoms with van der Waals surface area (Å²) in [5.74, 6) is 0.866. The number of nitrogens with one attached hydrogen (secondary N) is 1. The molecule has 0 saturated carbocycles. The average molecular weight is 381 g/mol. The molecule has 1 amide bonds. The van der Waals surface area contributed by atoms with Crippen molar-refractivity contribution in [1.82, 2.24) is 25.1 Å². The van der Waals surface area contributed by atoms with Crippen LogP contribution in [0.15, 0.2) is 48.7 Å². The molecule has 2 aromatic heterocycles. The third-order valence-corrected chi connectivity index (χ3v) is 5.00. The fraction of sp³-hybridized carbons (Fsp3) is 0.300. The lowest BCUT2D eigenvalue weighted by Gasteiger charge is -2.16. The first-order valence-electron chi connectivity index (χ1n) is 9.02. The number of pyridine rings is 1. The van der Waals surface area contributed by atoms with Crippen LogP contribution in [0.2, 0.25) is 0 Å². The minimum Gasteiger partial charge on any atom is -0.481 e. The van der Waals surface area contributed by atoms with Gasteiger partial charge in [-0.1, -0.05) is 30.3 Å². The second kappa shape index (κ2) is 7.75. The number of methoxy groups -OCH3 is 1. The molecular formula is C20H20FN5O2. The Morgan fingerprint density at radius 2 is 2.07 bits per heavy atom. The summed E-state index contributed by atoms with van der Waals surface area (Å²) in [6, 6.07) is 12.9. The normalized spacial score (nSPS) is 19.0. The zero-order chi connectivity index (χ0) is 19.5. The standard InChI is InChI=1S/C20H20FN5O2/c1-28-17-8-7-14(10-22-17)20(27)26-11-15(9-21)16(12-26)19-23-18(24-25-19)13-5-3-2-4-6-13/h2-8,10,15-16H,9,11-12H2,1H3,(H,23,24,25)/t15-,16-/m1/s1. The highest BCUT2D eigenvalue weighted by molar-refractivity contribution is 5.94. The zero-order valence-corrected chi connectivity index (χ0v) is 15.4. The molecule has 0 spiro atoms. The van der Waals surface area contributed by atoms with Gasteiger partial charge >= 0.3 is 0 Å². The monoisotopic (exact) mass is 381 g/mol. The molecule has 0 radical (unpaired) electrons. The molecule has 1 N–H and O–H groups in total. The van der Waals surface area contributed by atoms with Crippen LogP contribution >= 0.6 is 0 Å². The SMILES string of the molecule is COc1ccc(C(=O)N2C[C@@H](CF)[C@H](c3nc(-c4ccccc4)n[nH]3)C2)cn1. The number of halogens is 1. The molecule has 1 aromatic carbocycles. The summed E-state index contributed by atoms with van der Waals surface area (Å²) < 4.78 is 18.7. The molecule has 0 unspecified atom stereocenters. The number of aromatic nitrogens is 4. The number of hydrogen-bond donors (Lipinski definition) is 1. The van der Waals surface area contributed by atoms with Gasteiger partial charge in [0, 0.05) is 42.8 Å². The van der Waals surface area contributed by atoms with Crippen LogP contribution in [-0.2, 0) is 0 Å². The van der Waals surface area contributed by atoms with Crippen LogP contribution in [0.5, 0.6) is 5.88 Å². The maximum absolute atomic E-state index is 13.7. The van der Waals surface area contributed by atoms with Crippen molar-refractivity contribution < 1.29 is 13.9 Å². The number of alkyl halides is 1. The molecule has 4 rings (SSSR count). The van der Waals surface area contributed by atoms with Crippen LogP contribution in [-0.4, -0.2) is 57.8 Å². The Balaban J connectivity index is 1.52. The van der Waals surface area contributed by atoms with E-state index in [0.717, 1.165) is 5.56 Å². The molecule has 0 aliphatic carbocycles. The Morgan fingerprint density at radius 1 is 1.25 bits per heavy atom. The van der Waals surface area contributed by atoms with Gasteiger partial charge < -0.3 is 9.64 Å². The number of aromatic amines is 1. The first-order valence-corrected chi connectivity index (χ1v) is 9.02. The topological polar surface area (TPSA) is 84.0 Å². The predicted molar refractivity (Wildman–Crippen MR) is 101 cm³/mol. The van der Waals surface area contributed by atoms with E-state index in [0.29, 0.717) is 36.2 Å². The summed E-state index contributed by atoms with van der Waals surface area (Å²) in [6.45, 7) is 0.174. The van der Waals surface area contributed by atoms with E-state index in [-0.39, 0.29) is 17.7 Å². The lowest BCUT2D eigenvalue weighted by Crippen LogP contribution is -2.29. The zero-order valence-electron chi connectivity index (χ0n) is 15.4. The number of amides is 1. The van der Waals surface area contributed by atoms with Gasteiger partial charge in [0.1, 0.15) is 5.82 Å². The number of H-pyrrole nitrogens is 1. The third kappa shape index (κ3) is 3.45. The molecule has 7 nitrogen and oxygen atoms in total. The Morgan fingerprint density at radius 3 is 2.75 bits per heavy atom. The molecule has 144 valence electrons. The van der Waals surface area contributed by atoms with E-state index in [2.05, 4.69) is 20.2 Å². The van der Waals surface area contributed by atoms with Crippen molar-refractivity contribution in [2.75, 3.05) is 26.9 Å². The van der Waals surface area contributed by atoms with Crippen molar-refractivity contribution in [3.8, 4) is 17.3 Å². The number of benzene rings is 1. The minimum atomic E-state index is -0.531. The Bertz CT molecular complexity index is 945. The maximum Gasteiger partial charge on any atom is 0.255 e. The molecule has 1 aliphatic rings. The van der Waals surface area contributed by atoms with Crippen LogP contribution in [0.3, 0.4) is 0 Å². The van der Waals surface area contributed by atoms with E-state index in [4.69, 9.17) is 4.74 Å². The van der Waals surface area contributed by atoms with Crippen molar-refractivity contribution in [2.45, 2.75) is 5.92 Å². The summed E-state index contributed by atoms with van der Waals surface area (Å²) in [7, 11) is 1.52. The minimum absolute atomic E-state index is 0.182. The number of nitrogens with zero attached hydrogens (tertiary/aromatic N) is 4. The maximum atomic E-state index is 13.7. The highest BCUT2D eigenvalue weighted by Crippen LogP contribution is 2.33. The number of ether oxygens (including phenoxy) is 1. The number of likely N-dealkylation sites (tertiary alicyclic amines) is 1. The van der Waals surface area contributed by atoms with E-state index in [1.165, 1.54) is 13.3 Å². The quantitative estimate of drug-likeness (QED) is 0.735. The molecule has 1 saturated heterocycles. The second-order valence-electron chi connectivity index (χ2n) is 6.73. The molecule has 2 atom stereocenters. The molecule has 1 fully saturated rings. The van der Waals surface area contributed by atoms with E-state index in [9.17, 15) is 9.18 Å². The van der Waals surface area contributed by atoms with Gasteiger partial charge in [0.25, 0.3) is 5.91 Å². The van der Waals surface area contributed by atoms with Crippen LogP contribution in [0.1, 0.15) is 22.1 Å². The van der Waals surface area contributed by atoms with Crippen molar-refractivity contribution >= 4 is 5.91 Å². The largest absolute Gasteiger partial charge is 0.481 e. The fourth-order valence-electron chi connectivity index (χ4n) is 3.47. The second-order valence-corrected chi connectivity index (χ2v) is 6.73. The van der Waals surface area contributed by atoms with Gasteiger partial charge in [-0.05, 0) is 6.07 Å². The first kappa shape index (κ1) is 18.1.